The highest BCUT2D eigenvalue weighted by Crippen LogP contribution is 2.25. The summed E-state index contributed by atoms with van der Waals surface area (Å²) in [6.07, 6.45) is 0.172. The van der Waals surface area contributed by atoms with Crippen molar-refractivity contribution in [2.24, 2.45) is 0 Å². The van der Waals surface area contributed by atoms with Crippen LogP contribution in [-0.2, 0) is 19.1 Å². The van der Waals surface area contributed by atoms with Crippen molar-refractivity contribution in [2.75, 3.05) is 25.6 Å². The second-order valence-electron chi connectivity index (χ2n) is 6.71. The van der Waals surface area contributed by atoms with Crippen molar-refractivity contribution in [3.8, 4) is 5.75 Å². The number of ether oxygens (including phenoxy) is 2. The second-order valence-corrected chi connectivity index (χ2v) is 6.71. The number of esters is 1. The highest BCUT2D eigenvalue weighted by atomic mass is 16.5. The maximum absolute atomic E-state index is 12.0. The Kier molecular flexibility index (Phi) is 8.21. The molecule has 0 radical (unpaired) electrons. The van der Waals surface area contributed by atoms with Crippen molar-refractivity contribution in [2.45, 2.75) is 26.2 Å². The van der Waals surface area contributed by atoms with Crippen LogP contribution in [0.1, 0.15) is 30.4 Å². The molecule has 0 saturated carbocycles. The first-order valence-electron chi connectivity index (χ1n) is 9.30. The molecule has 0 saturated heterocycles. The fourth-order valence-electron chi connectivity index (χ4n) is 2.70. The zero-order valence-corrected chi connectivity index (χ0v) is 16.9. The molecule has 2 rings (SSSR count). The lowest BCUT2D eigenvalue weighted by Crippen LogP contribution is -2.35. The lowest BCUT2D eigenvalue weighted by molar-refractivity contribution is -0.148. The van der Waals surface area contributed by atoms with Crippen LogP contribution in [0.25, 0.3) is 0 Å². The fraction of sp³-hybridized carbons (Fsp3) is 0.318. The van der Waals surface area contributed by atoms with Crippen molar-refractivity contribution in [3.05, 3.63) is 59.7 Å². The average molecular weight is 398 g/mol. The first kappa shape index (κ1) is 21.9. The van der Waals surface area contributed by atoms with Crippen LogP contribution in [-0.4, -0.2) is 38.0 Å². The minimum atomic E-state index is -0.544. The fourth-order valence-corrected chi connectivity index (χ4v) is 2.70. The van der Waals surface area contributed by atoms with Gasteiger partial charge in [-0.3, -0.25) is 14.4 Å². The Bertz CT molecular complexity index is 852. The van der Waals surface area contributed by atoms with Gasteiger partial charge in [0.15, 0.2) is 6.61 Å². The predicted molar refractivity (Wildman–Crippen MR) is 110 cm³/mol. The molecule has 0 aromatic heterocycles. The minimum absolute atomic E-state index is 0.0122. The third kappa shape index (κ3) is 7.29. The molecule has 0 fully saturated rings. The molecule has 0 aliphatic rings. The van der Waals surface area contributed by atoms with E-state index in [1.54, 1.807) is 12.1 Å². The van der Waals surface area contributed by atoms with Crippen LogP contribution in [0.15, 0.2) is 48.5 Å². The summed E-state index contributed by atoms with van der Waals surface area (Å²) in [5.41, 5.74) is 2.51. The van der Waals surface area contributed by atoms with Gasteiger partial charge in [0.1, 0.15) is 5.75 Å². The Labute approximate surface area is 170 Å². The standard InChI is InChI=1S/C22H26N2O5/c1-15-9-10-19(28-3)18(11-15)24-20(25)13-23-21(26)14-29-22(27)12-16(2)17-7-5-4-6-8-17/h4-11,16H,12-14H2,1-3H3,(H,23,26)(H,24,25). The molecule has 0 aliphatic carbocycles. The molecule has 2 aromatic carbocycles. The van der Waals surface area contributed by atoms with E-state index in [0.717, 1.165) is 11.1 Å². The zero-order valence-electron chi connectivity index (χ0n) is 16.9. The predicted octanol–water partition coefficient (Wildman–Crippen LogP) is 2.80. The smallest absolute Gasteiger partial charge is 0.306 e. The molecule has 154 valence electrons. The van der Waals surface area contributed by atoms with E-state index in [0.29, 0.717) is 11.4 Å². The lowest BCUT2D eigenvalue weighted by atomic mass is 9.98. The van der Waals surface area contributed by atoms with Gasteiger partial charge in [-0.15, -0.1) is 0 Å². The number of hydrogen-bond donors (Lipinski definition) is 2. The van der Waals surface area contributed by atoms with Gasteiger partial charge in [0, 0.05) is 0 Å². The van der Waals surface area contributed by atoms with Gasteiger partial charge in [-0.2, -0.15) is 0 Å². The molecule has 2 aromatic rings. The van der Waals surface area contributed by atoms with Crippen LogP contribution in [0.3, 0.4) is 0 Å². The molecular weight excluding hydrogens is 372 g/mol. The summed E-state index contributed by atoms with van der Waals surface area (Å²) in [6.45, 7) is 3.14. The van der Waals surface area contributed by atoms with Gasteiger partial charge in [0.2, 0.25) is 5.91 Å². The maximum atomic E-state index is 12.0. The Morgan fingerprint density at radius 2 is 1.76 bits per heavy atom. The summed E-state index contributed by atoms with van der Waals surface area (Å²) in [4.78, 5) is 35.8. The zero-order chi connectivity index (χ0) is 21.2. The highest BCUT2D eigenvalue weighted by Gasteiger charge is 2.14. The van der Waals surface area contributed by atoms with Crippen LogP contribution in [0, 0.1) is 6.92 Å². The van der Waals surface area contributed by atoms with Gasteiger partial charge in [-0.05, 0) is 36.1 Å². The van der Waals surface area contributed by atoms with Gasteiger partial charge in [0.25, 0.3) is 5.91 Å². The Balaban J connectivity index is 1.72. The molecule has 1 unspecified atom stereocenters. The molecule has 2 amide bonds. The maximum Gasteiger partial charge on any atom is 0.306 e. The van der Waals surface area contributed by atoms with E-state index in [9.17, 15) is 14.4 Å². The number of amides is 2. The van der Waals surface area contributed by atoms with E-state index < -0.39 is 24.4 Å². The number of hydrogen-bond acceptors (Lipinski definition) is 5. The topological polar surface area (TPSA) is 93.7 Å². The summed E-state index contributed by atoms with van der Waals surface area (Å²) in [5, 5.41) is 5.11. The molecule has 29 heavy (non-hydrogen) atoms. The quantitative estimate of drug-likeness (QED) is 0.634. The highest BCUT2D eigenvalue weighted by molar-refractivity contribution is 5.96. The largest absolute Gasteiger partial charge is 0.495 e. The number of benzene rings is 2. The van der Waals surface area contributed by atoms with Crippen LogP contribution >= 0.6 is 0 Å². The number of carbonyl (C=O) groups excluding carboxylic acids is 3. The Morgan fingerprint density at radius 1 is 1.03 bits per heavy atom. The second kappa shape index (κ2) is 10.8. The van der Waals surface area contributed by atoms with Crippen LogP contribution in [0.4, 0.5) is 5.69 Å². The SMILES string of the molecule is COc1ccc(C)cc1NC(=O)CNC(=O)COC(=O)CC(C)c1ccccc1. The average Bonchev–Trinajstić information content (AvgIpc) is 2.71. The van der Waals surface area contributed by atoms with E-state index in [1.807, 2.05) is 50.2 Å². The van der Waals surface area contributed by atoms with Gasteiger partial charge in [-0.25, -0.2) is 0 Å². The normalized spacial score (nSPS) is 11.3. The summed E-state index contributed by atoms with van der Waals surface area (Å²) >= 11 is 0. The van der Waals surface area contributed by atoms with Crippen molar-refractivity contribution in [3.63, 3.8) is 0 Å². The first-order chi connectivity index (χ1) is 13.9. The third-order valence-electron chi connectivity index (χ3n) is 4.28. The molecule has 7 nitrogen and oxygen atoms in total. The molecule has 2 N–H and O–H groups in total. The number of aryl methyl sites for hydroxylation is 1. The molecule has 0 heterocycles. The van der Waals surface area contributed by atoms with Crippen molar-refractivity contribution >= 4 is 23.5 Å². The Morgan fingerprint density at radius 3 is 2.45 bits per heavy atom. The molecule has 0 aliphatic heterocycles. The van der Waals surface area contributed by atoms with Crippen LogP contribution < -0.4 is 15.4 Å². The van der Waals surface area contributed by atoms with Crippen molar-refractivity contribution in [1.29, 1.82) is 0 Å². The minimum Gasteiger partial charge on any atom is -0.495 e. The lowest BCUT2D eigenvalue weighted by Gasteiger charge is -2.12. The van der Waals surface area contributed by atoms with E-state index in [2.05, 4.69) is 10.6 Å². The summed E-state index contributed by atoms with van der Waals surface area (Å²) in [5.74, 6) is -0.910. The van der Waals surface area contributed by atoms with Gasteiger partial charge >= 0.3 is 5.97 Å². The number of anilines is 1. The number of carbonyl (C=O) groups is 3. The number of nitrogens with one attached hydrogen (secondary N) is 2. The molecule has 7 heteroatoms. The van der Waals surface area contributed by atoms with Gasteiger partial charge in [0.05, 0.1) is 25.8 Å². The third-order valence-corrected chi connectivity index (χ3v) is 4.28. The van der Waals surface area contributed by atoms with Crippen LogP contribution in [0.2, 0.25) is 0 Å². The van der Waals surface area contributed by atoms with Crippen molar-refractivity contribution < 1.29 is 23.9 Å². The molecule has 0 bridgehead atoms. The van der Waals surface area contributed by atoms with E-state index in [-0.39, 0.29) is 18.9 Å². The van der Waals surface area contributed by atoms with Crippen molar-refractivity contribution in [1.82, 2.24) is 5.32 Å². The molecule has 1 atom stereocenters. The number of rotatable bonds is 9. The van der Waals surface area contributed by atoms with E-state index in [4.69, 9.17) is 9.47 Å². The molecular formula is C22H26N2O5. The molecule has 0 spiro atoms. The number of methoxy groups -OCH3 is 1. The van der Waals surface area contributed by atoms with E-state index >= 15 is 0 Å². The first-order valence-corrected chi connectivity index (χ1v) is 9.30. The summed E-state index contributed by atoms with van der Waals surface area (Å²) in [6, 6.07) is 15.0. The van der Waals surface area contributed by atoms with E-state index in [1.165, 1.54) is 7.11 Å². The summed E-state index contributed by atoms with van der Waals surface area (Å²) < 4.78 is 10.2. The monoisotopic (exact) mass is 398 g/mol. The Hall–Kier alpha value is -3.35. The van der Waals surface area contributed by atoms with Gasteiger partial charge in [-0.1, -0.05) is 43.3 Å². The summed E-state index contributed by atoms with van der Waals surface area (Å²) in [7, 11) is 1.51. The van der Waals surface area contributed by atoms with Crippen LogP contribution in [0.5, 0.6) is 5.75 Å². The van der Waals surface area contributed by atoms with Gasteiger partial charge < -0.3 is 20.1 Å².